The standard InChI is InChI=1S/C15H11NO2/c17-14-9-10-5-1-2-6-11(10)12-7-3-4-8-13(12)15(14)16-18/h1-8,18H,9H2/b16-15-. The minimum Gasteiger partial charge on any atom is -0.410 e. The molecular weight excluding hydrogens is 226 g/mol. The van der Waals surface area contributed by atoms with E-state index in [1.54, 1.807) is 0 Å². The van der Waals surface area contributed by atoms with E-state index < -0.39 is 0 Å². The summed E-state index contributed by atoms with van der Waals surface area (Å²) in [5.41, 5.74) is 3.76. The van der Waals surface area contributed by atoms with E-state index in [0.29, 0.717) is 5.56 Å². The summed E-state index contributed by atoms with van der Waals surface area (Å²) >= 11 is 0. The molecule has 0 saturated heterocycles. The molecule has 0 amide bonds. The lowest BCUT2D eigenvalue weighted by molar-refractivity contribution is -0.112. The number of Topliss-reactive ketones (excluding diaryl/α,β-unsaturated/α-hetero) is 1. The summed E-state index contributed by atoms with van der Waals surface area (Å²) in [7, 11) is 0. The minimum absolute atomic E-state index is 0.141. The third kappa shape index (κ3) is 1.52. The summed E-state index contributed by atoms with van der Waals surface area (Å²) in [6.07, 6.45) is 0.268. The van der Waals surface area contributed by atoms with E-state index in [1.807, 2.05) is 48.5 Å². The van der Waals surface area contributed by atoms with Crippen LogP contribution in [0.2, 0.25) is 0 Å². The van der Waals surface area contributed by atoms with Gasteiger partial charge in [0.25, 0.3) is 0 Å². The zero-order chi connectivity index (χ0) is 12.5. The van der Waals surface area contributed by atoms with Gasteiger partial charge in [-0.1, -0.05) is 53.7 Å². The van der Waals surface area contributed by atoms with Crippen LogP contribution in [0.15, 0.2) is 53.7 Å². The van der Waals surface area contributed by atoms with E-state index in [9.17, 15) is 4.79 Å². The fraction of sp³-hybridized carbons (Fsp3) is 0.0667. The molecule has 0 spiro atoms. The molecule has 0 fully saturated rings. The maximum absolute atomic E-state index is 12.1. The molecule has 2 aromatic rings. The fourth-order valence-electron chi connectivity index (χ4n) is 2.38. The third-order valence-electron chi connectivity index (χ3n) is 3.20. The first-order chi connectivity index (χ1) is 8.81. The van der Waals surface area contributed by atoms with Gasteiger partial charge in [0.2, 0.25) is 0 Å². The van der Waals surface area contributed by atoms with Crippen molar-refractivity contribution in [1.29, 1.82) is 0 Å². The maximum atomic E-state index is 12.1. The summed E-state index contributed by atoms with van der Waals surface area (Å²) < 4.78 is 0. The lowest BCUT2D eigenvalue weighted by Gasteiger charge is -2.07. The van der Waals surface area contributed by atoms with Crippen LogP contribution in [0.1, 0.15) is 11.1 Å². The molecule has 0 atom stereocenters. The number of benzene rings is 2. The van der Waals surface area contributed by atoms with Gasteiger partial charge in [-0.25, -0.2) is 0 Å². The number of hydrogen-bond donors (Lipinski definition) is 1. The molecule has 1 aliphatic carbocycles. The molecule has 1 N–H and O–H groups in total. The quantitative estimate of drug-likeness (QED) is 0.565. The van der Waals surface area contributed by atoms with E-state index in [4.69, 9.17) is 5.21 Å². The topological polar surface area (TPSA) is 49.7 Å². The molecule has 88 valence electrons. The largest absolute Gasteiger partial charge is 0.410 e. The van der Waals surface area contributed by atoms with Gasteiger partial charge in [0.1, 0.15) is 0 Å². The van der Waals surface area contributed by atoms with Crippen molar-refractivity contribution in [3.05, 3.63) is 59.7 Å². The summed E-state index contributed by atoms with van der Waals surface area (Å²) in [5.74, 6) is -0.157. The second-order valence-electron chi connectivity index (χ2n) is 4.25. The predicted molar refractivity (Wildman–Crippen MR) is 68.9 cm³/mol. The highest BCUT2D eigenvalue weighted by molar-refractivity contribution is 6.48. The van der Waals surface area contributed by atoms with Gasteiger partial charge in [0.05, 0.1) is 0 Å². The fourth-order valence-corrected chi connectivity index (χ4v) is 2.38. The van der Waals surface area contributed by atoms with Crippen LogP contribution >= 0.6 is 0 Å². The maximum Gasteiger partial charge on any atom is 0.189 e. The summed E-state index contributed by atoms with van der Waals surface area (Å²) in [5, 5.41) is 12.3. The van der Waals surface area contributed by atoms with Crippen molar-refractivity contribution in [2.45, 2.75) is 6.42 Å². The molecule has 0 unspecified atom stereocenters. The summed E-state index contributed by atoms with van der Waals surface area (Å²) in [4.78, 5) is 12.1. The van der Waals surface area contributed by atoms with Crippen LogP contribution < -0.4 is 0 Å². The second-order valence-corrected chi connectivity index (χ2v) is 4.25. The molecular formula is C15H11NO2. The lowest BCUT2D eigenvalue weighted by atomic mass is 9.96. The minimum atomic E-state index is -0.157. The number of ketones is 1. The highest BCUT2D eigenvalue weighted by Gasteiger charge is 2.24. The zero-order valence-corrected chi connectivity index (χ0v) is 9.63. The zero-order valence-electron chi connectivity index (χ0n) is 9.63. The monoisotopic (exact) mass is 237 g/mol. The van der Waals surface area contributed by atoms with E-state index in [1.165, 1.54) is 0 Å². The van der Waals surface area contributed by atoms with E-state index >= 15 is 0 Å². The van der Waals surface area contributed by atoms with Crippen LogP contribution in [-0.2, 0) is 11.2 Å². The smallest absolute Gasteiger partial charge is 0.189 e. The highest BCUT2D eigenvalue weighted by atomic mass is 16.4. The summed E-state index contributed by atoms with van der Waals surface area (Å²) in [6, 6.07) is 15.3. The van der Waals surface area contributed by atoms with Gasteiger partial charge >= 0.3 is 0 Å². The normalized spacial score (nSPS) is 16.0. The average Bonchev–Trinajstić information content (AvgIpc) is 2.52. The van der Waals surface area contributed by atoms with Crippen LogP contribution in [0.3, 0.4) is 0 Å². The lowest BCUT2D eigenvalue weighted by Crippen LogP contribution is -2.16. The van der Waals surface area contributed by atoms with Gasteiger partial charge in [-0.15, -0.1) is 0 Å². The first-order valence-corrected chi connectivity index (χ1v) is 5.74. The Kier molecular flexibility index (Phi) is 2.45. The molecule has 0 heterocycles. The number of rotatable bonds is 0. The van der Waals surface area contributed by atoms with Crippen molar-refractivity contribution in [3.8, 4) is 11.1 Å². The molecule has 0 radical (unpaired) electrons. The van der Waals surface area contributed by atoms with Crippen LogP contribution in [-0.4, -0.2) is 16.7 Å². The van der Waals surface area contributed by atoms with Gasteiger partial charge in [-0.3, -0.25) is 4.79 Å². The predicted octanol–water partition coefficient (Wildman–Crippen LogP) is 2.66. The number of nitrogens with zero attached hydrogens (tertiary/aromatic N) is 1. The number of hydrogen-bond acceptors (Lipinski definition) is 3. The summed E-state index contributed by atoms with van der Waals surface area (Å²) in [6.45, 7) is 0. The molecule has 1 aliphatic rings. The number of fused-ring (bicyclic) bond motifs is 3. The number of carbonyl (C=O) groups is 1. The SMILES string of the molecule is O=C1Cc2ccccc2-c2ccccc2/C1=N/O. The number of oxime groups is 1. The van der Waals surface area contributed by atoms with Crippen LogP contribution in [0.5, 0.6) is 0 Å². The van der Waals surface area contributed by atoms with Crippen LogP contribution in [0, 0.1) is 0 Å². The van der Waals surface area contributed by atoms with Crippen molar-refractivity contribution in [3.63, 3.8) is 0 Å². The Morgan fingerprint density at radius 2 is 1.50 bits per heavy atom. The van der Waals surface area contributed by atoms with E-state index in [0.717, 1.165) is 16.7 Å². The van der Waals surface area contributed by atoms with E-state index in [-0.39, 0.29) is 17.9 Å². The van der Waals surface area contributed by atoms with Crippen molar-refractivity contribution in [2.24, 2.45) is 5.16 Å². The Bertz CT molecular complexity index is 659. The Labute approximate surface area is 104 Å². The molecule has 3 heteroatoms. The Balaban J connectivity index is 2.37. The van der Waals surface area contributed by atoms with Gasteiger partial charge in [0.15, 0.2) is 11.5 Å². The average molecular weight is 237 g/mol. The Hall–Kier alpha value is -2.42. The van der Waals surface area contributed by atoms with Crippen molar-refractivity contribution < 1.29 is 10.0 Å². The van der Waals surface area contributed by atoms with Crippen LogP contribution in [0.4, 0.5) is 0 Å². The van der Waals surface area contributed by atoms with Gasteiger partial charge in [0, 0.05) is 12.0 Å². The molecule has 0 aromatic heterocycles. The molecule has 2 aromatic carbocycles. The van der Waals surface area contributed by atoms with Crippen molar-refractivity contribution in [2.75, 3.05) is 0 Å². The van der Waals surface area contributed by atoms with Gasteiger partial charge in [-0.05, 0) is 16.7 Å². The molecule has 0 saturated carbocycles. The first-order valence-electron chi connectivity index (χ1n) is 5.74. The molecule has 18 heavy (non-hydrogen) atoms. The molecule has 3 rings (SSSR count). The Morgan fingerprint density at radius 1 is 0.889 bits per heavy atom. The molecule has 0 bridgehead atoms. The molecule has 0 aliphatic heterocycles. The Morgan fingerprint density at radius 3 is 2.22 bits per heavy atom. The first kappa shape index (κ1) is 10.7. The van der Waals surface area contributed by atoms with Crippen molar-refractivity contribution in [1.82, 2.24) is 0 Å². The highest BCUT2D eigenvalue weighted by Crippen LogP contribution is 2.31. The molecule has 3 nitrogen and oxygen atoms in total. The van der Waals surface area contributed by atoms with E-state index in [2.05, 4.69) is 5.16 Å². The van der Waals surface area contributed by atoms with Crippen LogP contribution in [0.25, 0.3) is 11.1 Å². The number of carbonyl (C=O) groups excluding carboxylic acids is 1. The third-order valence-corrected chi connectivity index (χ3v) is 3.20. The van der Waals surface area contributed by atoms with Gasteiger partial charge < -0.3 is 5.21 Å². The second kappa shape index (κ2) is 4.11. The van der Waals surface area contributed by atoms with Gasteiger partial charge in [-0.2, -0.15) is 0 Å². The van der Waals surface area contributed by atoms with Crippen molar-refractivity contribution >= 4 is 11.5 Å².